The Bertz CT molecular complexity index is 1180. The van der Waals surface area contributed by atoms with Crippen LogP contribution in [0.25, 0.3) is 11.1 Å². The molecule has 1 heterocycles. The highest BCUT2D eigenvalue weighted by Gasteiger charge is 2.27. The molecule has 4 amide bonds. The van der Waals surface area contributed by atoms with Crippen LogP contribution in [0.1, 0.15) is 16.9 Å². The van der Waals surface area contributed by atoms with Gasteiger partial charge in [-0.1, -0.05) is 60.7 Å². The van der Waals surface area contributed by atoms with Gasteiger partial charge in [-0.3, -0.25) is 19.2 Å². The van der Waals surface area contributed by atoms with Crippen molar-refractivity contribution < 1.29 is 24.3 Å². The van der Waals surface area contributed by atoms with Gasteiger partial charge in [-0.2, -0.15) is 0 Å². The average molecular weight is 509 g/mol. The second-order valence-corrected chi connectivity index (χ2v) is 9.29. The normalized spacial score (nSPS) is 13.2. The Balaban J connectivity index is 1.69. The monoisotopic (exact) mass is 508 g/mol. The Morgan fingerprint density at radius 3 is 2.03 bits per heavy atom. The Morgan fingerprint density at radius 1 is 0.778 bits per heavy atom. The maximum Gasteiger partial charge on any atom is 0.246 e. The zero-order valence-electron chi connectivity index (χ0n) is 19.4. The van der Waals surface area contributed by atoms with Crippen LogP contribution in [0.5, 0.6) is 0 Å². The lowest BCUT2D eigenvalue weighted by atomic mass is 10.00. The van der Waals surface area contributed by atoms with Gasteiger partial charge in [0.1, 0.15) is 18.2 Å². The quantitative estimate of drug-likeness (QED) is 0.245. The van der Waals surface area contributed by atoms with E-state index >= 15 is 0 Å². The fraction of sp³-hybridized carbons (Fsp3) is 0.231. The molecule has 0 saturated carbocycles. The summed E-state index contributed by atoms with van der Waals surface area (Å²) in [5.74, 6) is -3.11. The lowest BCUT2D eigenvalue weighted by Crippen LogP contribution is -2.54. The van der Waals surface area contributed by atoms with Crippen LogP contribution in [0.4, 0.5) is 0 Å². The summed E-state index contributed by atoms with van der Waals surface area (Å²) in [7, 11) is 0. The number of aliphatic hydroxyl groups excluding tert-OH is 1. The van der Waals surface area contributed by atoms with Gasteiger partial charge in [-0.25, -0.2) is 0 Å². The number of carbonyl (C=O) groups excluding carboxylic acids is 4. The smallest absolute Gasteiger partial charge is 0.246 e. The molecule has 10 heteroatoms. The van der Waals surface area contributed by atoms with Gasteiger partial charge in [0.25, 0.3) is 0 Å². The number of benzene rings is 2. The Labute approximate surface area is 212 Å². The topological polar surface area (TPSA) is 165 Å². The number of amides is 4. The van der Waals surface area contributed by atoms with E-state index in [-0.39, 0.29) is 12.8 Å². The molecule has 36 heavy (non-hydrogen) atoms. The molecule has 2 aromatic carbocycles. The van der Waals surface area contributed by atoms with Crippen LogP contribution >= 0.6 is 11.3 Å². The summed E-state index contributed by atoms with van der Waals surface area (Å²) in [6.07, 6.45) is -1.95. The second-order valence-electron chi connectivity index (χ2n) is 8.26. The van der Waals surface area contributed by atoms with Crippen LogP contribution in [0.2, 0.25) is 0 Å². The van der Waals surface area contributed by atoms with Crippen molar-refractivity contribution in [1.82, 2.24) is 10.6 Å². The van der Waals surface area contributed by atoms with Crippen molar-refractivity contribution >= 4 is 35.0 Å². The van der Waals surface area contributed by atoms with Crippen molar-refractivity contribution in [3.8, 4) is 11.1 Å². The minimum atomic E-state index is -1.67. The van der Waals surface area contributed by atoms with E-state index in [1.54, 1.807) is 12.1 Å². The average Bonchev–Trinajstić information content (AvgIpc) is 3.37. The van der Waals surface area contributed by atoms with E-state index in [1.807, 2.05) is 60.0 Å². The zero-order valence-corrected chi connectivity index (χ0v) is 20.2. The lowest BCUT2D eigenvalue weighted by molar-refractivity contribution is -0.134. The van der Waals surface area contributed by atoms with Crippen molar-refractivity contribution in [2.24, 2.45) is 11.5 Å². The van der Waals surface area contributed by atoms with Gasteiger partial charge < -0.3 is 27.2 Å². The fourth-order valence-corrected chi connectivity index (χ4v) is 4.32. The molecule has 0 bridgehead atoms. The van der Waals surface area contributed by atoms with Gasteiger partial charge in [0.15, 0.2) is 0 Å². The van der Waals surface area contributed by atoms with Crippen molar-refractivity contribution in [1.29, 1.82) is 0 Å². The number of nitrogens with two attached hydrogens (primary N) is 2. The number of hydrogen-bond acceptors (Lipinski definition) is 6. The summed E-state index contributed by atoms with van der Waals surface area (Å²) in [4.78, 5) is 49.4. The number of rotatable bonds is 12. The highest BCUT2D eigenvalue weighted by Crippen LogP contribution is 2.20. The molecule has 0 saturated heterocycles. The summed E-state index contributed by atoms with van der Waals surface area (Å²) in [6.45, 7) is 0. The molecule has 3 atom stereocenters. The third-order valence-corrected chi connectivity index (χ3v) is 6.40. The predicted octanol–water partition coefficient (Wildman–Crippen LogP) is 0.892. The van der Waals surface area contributed by atoms with E-state index in [9.17, 15) is 24.3 Å². The van der Waals surface area contributed by atoms with E-state index in [2.05, 4.69) is 10.6 Å². The van der Waals surface area contributed by atoms with E-state index in [0.717, 1.165) is 21.6 Å². The molecule has 0 aliphatic rings. The first-order valence-electron chi connectivity index (χ1n) is 11.3. The molecule has 9 nitrogen and oxygen atoms in total. The third-order valence-electron chi connectivity index (χ3n) is 5.51. The van der Waals surface area contributed by atoms with Crippen LogP contribution in [-0.2, 0) is 32.0 Å². The lowest BCUT2D eigenvalue weighted by Gasteiger charge is -2.22. The Kier molecular flexibility index (Phi) is 9.32. The Morgan fingerprint density at radius 2 is 1.44 bits per heavy atom. The van der Waals surface area contributed by atoms with Gasteiger partial charge in [0, 0.05) is 17.7 Å². The highest BCUT2D eigenvalue weighted by atomic mass is 32.1. The minimum Gasteiger partial charge on any atom is -0.383 e. The first-order chi connectivity index (χ1) is 17.2. The van der Waals surface area contributed by atoms with Gasteiger partial charge in [0.05, 0.1) is 6.42 Å². The molecule has 7 N–H and O–H groups in total. The van der Waals surface area contributed by atoms with Gasteiger partial charge in [-0.15, -0.1) is 11.3 Å². The second kappa shape index (κ2) is 12.6. The molecule has 0 fully saturated rings. The van der Waals surface area contributed by atoms with Gasteiger partial charge >= 0.3 is 0 Å². The number of thiophene rings is 1. The molecule has 188 valence electrons. The number of carbonyl (C=O) groups is 4. The molecule has 0 radical (unpaired) electrons. The summed E-state index contributed by atoms with van der Waals surface area (Å²) >= 11 is 1.40. The molecule has 0 unspecified atom stereocenters. The SMILES string of the molecule is NC(=O)[C@H](O)CC(=O)N[C@H](Cc1cccs1)C(=O)N[C@H](Cc1ccc(-c2ccccc2)cc1)C(N)=O. The van der Waals surface area contributed by atoms with E-state index < -0.39 is 48.2 Å². The summed E-state index contributed by atoms with van der Waals surface area (Å²) < 4.78 is 0. The molecule has 1 aromatic heterocycles. The van der Waals surface area contributed by atoms with Crippen molar-refractivity contribution in [2.75, 3.05) is 0 Å². The Hall–Kier alpha value is -4.02. The molecule has 3 aromatic rings. The molecular formula is C26H28N4O5S. The standard InChI is InChI=1S/C26H28N4O5S/c27-24(33)20(13-16-8-10-18(11-9-16)17-5-2-1-3-6-17)30-26(35)21(14-19-7-4-12-36-19)29-23(32)15-22(31)25(28)34/h1-12,20-22,31H,13-15H2,(H2,27,33)(H2,28,34)(H,29,32)(H,30,35)/t20-,21-,22-/m1/s1. The van der Waals surface area contributed by atoms with E-state index in [1.165, 1.54) is 11.3 Å². The minimum absolute atomic E-state index is 0.152. The summed E-state index contributed by atoms with van der Waals surface area (Å²) in [5, 5.41) is 16.6. The number of nitrogens with one attached hydrogen (secondary N) is 2. The van der Waals surface area contributed by atoms with Crippen LogP contribution in [0.3, 0.4) is 0 Å². The first-order valence-corrected chi connectivity index (χ1v) is 12.1. The first kappa shape index (κ1) is 26.6. The molecule has 0 aliphatic carbocycles. The zero-order chi connectivity index (χ0) is 26.1. The summed E-state index contributed by atoms with van der Waals surface area (Å²) in [5.41, 5.74) is 13.4. The molecule has 0 aliphatic heterocycles. The summed E-state index contributed by atoms with van der Waals surface area (Å²) in [6, 6.07) is 18.9. The third kappa shape index (κ3) is 7.76. The fourth-order valence-electron chi connectivity index (χ4n) is 3.56. The van der Waals surface area contributed by atoms with E-state index in [4.69, 9.17) is 11.5 Å². The molecule has 0 spiro atoms. The van der Waals surface area contributed by atoms with Crippen LogP contribution in [-0.4, -0.2) is 46.9 Å². The van der Waals surface area contributed by atoms with Crippen LogP contribution < -0.4 is 22.1 Å². The van der Waals surface area contributed by atoms with Crippen molar-refractivity contribution in [3.63, 3.8) is 0 Å². The van der Waals surface area contributed by atoms with Crippen molar-refractivity contribution in [2.45, 2.75) is 37.5 Å². The maximum absolute atomic E-state index is 13.1. The van der Waals surface area contributed by atoms with E-state index in [0.29, 0.717) is 0 Å². The van der Waals surface area contributed by atoms with Gasteiger partial charge in [0.2, 0.25) is 23.6 Å². The highest BCUT2D eigenvalue weighted by molar-refractivity contribution is 7.09. The number of hydrogen-bond donors (Lipinski definition) is 5. The van der Waals surface area contributed by atoms with Crippen LogP contribution in [0, 0.1) is 0 Å². The van der Waals surface area contributed by atoms with Crippen LogP contribution in [0.15, 0.2) is 72.1 Å². The predicted molar refractivity (Wildman–Crippen MR) is 136 cm³/mol. The number of primary amides is 2. The molecular weight excluding hydrogens is 480 g/mol. The van der Waals surface area contributed by atoms with Crippen molar-refractivity contribution in [3.05, 3.63) is 82.6 Å². The largest absolute Gasteiger partial charge is 0.383 e. The maximum atomic E-state index is 13.1. The van der Waals surface area contributed by atoms with Gasteiger partial charge in [-0.05, 0) is 28.1 Å². The molecule has 3 rings (SSSR count). The number of aliphatic hydroxyl groups is 1.